The molecule has 0 spiro atoms. The molecule has 0 fully saturated rings. The van der Waals surface area contributed by atoms with Gasteiger partial charge in [0.2, 0.25) is 5.95 Å². The molecule has 4 N–H and O–H groups in total. The van der Waals surface area contributed by atoms with Crippen LogP contribution in [0.4, 0.5) is 11.8 Å². The number of nitrogens with two attached hydrogens (primary N) is 2. The van der Waals surface area contributed by atoms with Crippen molar-refractivity contribution in [1.29, 1.82) is 0 Å². The largest absolute Gasteiger partial charge is 0.382 e. The summed E-state index contributed by atoms with van der Waals surface area (Å²) in [7, 11) is 0. The van der Waals surface area contributed by atoms with E-state index in [1.54, 1.807) is 6.08 Å². The van der Waals surface area contributed by atoms with Crippen molar-refractivity contribution in [3.8, 4) is 0 Å². The third-order valence-corrected chi connectivity index (χ3v) is 3.23. The van der Waals surface area contributed by atoms with Crippen molar-refractivity contribution in [2.24, 2.45) is 0 Å². The summed E-state index contributed by atoms with van der Waals surface area (Å²) in [4.78, 5) is 12.8. The molecule has 0 aliphatic rings. The normalized spacial score (nSPS) is 10.9. The molecule has 0 bridgehead atoms. The molecule has 6 heteroatoms. The fourth-order valence-electron chi connectivity index (χ4n) is 2.32. The average Bonchev–Trinajstić information content (AvgIpc) is 2.79. The van der Waals surface area contributed by atoms with Gasteiger partial charge in [-0.3, -0.25) is 0 Å². The minimum absolute atomic E-state index is 0.150. The Kier molecular flexibility index (Phi) is 3.27. The number of rotatable bonds is 4. The molecular formula is C15H16N6. The fourth-order valence-corrected chi connectivity index (χ4v) is 2.32. The summed E-state index contributed by atoms with van der Waals surface area (Å²) >= 11 is 0. The second-order valence-electron chi connectivity index (χ2n) is 4.73. The summed E-state index contributed by atoms with van der Waals surface area (Å²) in [6.45, 7) is 4.37. The van der Waals surface area contributed by atoms with Gasteiger partial charge in [0.05, 0.1) is 0 Å². The van der Waals surface area contributed by atoms with Crippen LogP contribution in [0.25, 0.3) is 11.2 Å². The number of hydrogen-bond acceptors (Lipinski definition) is 5. The van der Waals surface area contributed by atoms with Gasteiger partial charge in [0, 0.05) is 13.0 Å². The molecule has 0 saturated heterocycles. The number of nitrogen functional groups attached to an aromatic ring is 2. The molecule has 0 aliphatic heterocycles. The SMILES string of the molecule is C=CCn1c(Cc2ccccc2)nc2c(N)nc(N)nc21. The third kappa shape index (κ3) is 2.43. The Hall–Kier alpha value is -2.89. The van der Waals surface area contributed by atoms with Crippen molar-refractivity contribution < 1.29 is 0 Å². The van der Waals surface area contributed by atoms with Crippen LogP contribution in [-0.4, -0.2) is 19.5 Å². The van der Waals surface area contributed by atoms with Gasteiger partial charge in [-0.05, 0) is 5.56 Å². The summed E-state index contributed by atoms with van der Waals surface area (Å²) in [5.74, 6) is 1.31. The van der Waals surface area contributed by atoms with Crippen molar-refractivity contribution in [2.45, 2.75) is 13.0 Å². The van der Waals surface area contributed by atoms with E-state index in [0.717, 1.165) is 11.4 Å². The predicted octanol–water partition coefficient (Wildman–Crippen LogP) is 1.77. The first-order valence-corrected chi connectivity index (χ1v) is 6.62. The van der Waals surface area contributed by atoms with E-state index >= 15 is 0 Å². The highest BCUT2D eigenvalue weighted by molar-refractivity contribution is 5.83. The first kappa shape index (κ1) is 13.1. The quantitative estimate of drug-likeness (QED) is 0.710. The standard InChI is InChI=1S/C15H16N6/c1-2-8-21-11(9-10-6-4-3-5-7-10)18-12-13(16)19-15(17)20-14(12)21/h2-7H,1,8-9H2,(H4,16,17,19,20). The second-order valence-corrected chi connectivity index (χ2v) is 4.73. The molecule has 106 valence electrons. The monoisotopic (exact) mass is 280 g/mol. The summed E-state index contributed by atoms with van der Waals surface area (Å²) in [5.41, 5.74) is 14.0. The lowest BCUT2D eigenvalue weighted by Gasteiger charge is -2.06. The molecule has 0 unspecified atom stereocenters. The molecule has 6 nitrogen and oxygen atoms in total. The lowest BCUT2D eigenvalue weighted by molar-refractivity contribution is 0.773. The molecule has 0 radical (unpaired) electrons. The molecule has 21 heavy (non-hydrogen) atoms. The van der Waals surface area contributed by atoms with Crippen molar-refractivity contribution in [2.75, 3.05) is 11.5 Å². The Bertz CT molecular complexity index is 791. The number of imidazole rings is 1. The van der Waals surface area contributed by atoms with Gasteiger partial charge in [-0.2, -0.15) is 9.97 Å². The van der Waals surface area contributed by atoms with E-state index in [1.807, 2.05) is 22.8 Å². The highest BCUT2D eigenvalue weighted by Crippen LogP contribution is 2.21. The van der Waals surface area contributed by atoms with E-state index in [0.29, 0.717) is 29.9 Å². The van der Waals surface area contributed by atoms with Crippen LogP contribution in [0.1, 0.15) is 11.4 Å². The van der Waals surface area contributed by atoms with E-state index in [-0.39, 0.29) is 5.95 Å². The van der Waals surface area contributed by atoms with E-state index in [2.05, 4.69) is 33.7 Å². The van der Waals surface area contributed by atoms with Crippen LogP contribution in [-0.2, 0) is 13.0 Å². The Morgan fingerprint density at radius 3 is 2.57 bits per heavy atom. The highest BCUT2D eigenvalue weighted by atomic mass is 15.2. The lowest BCUT2D eigenvalue weighted by atomic mass is 10.1. The molecule has 3 aromatic rings. The van der Waals surface area contributed by atoms with E-state index in [9.17, 15) is 0 Å². The number of benzene rings is 1. The first-order valence-electron chi connectivity index (χ1n) is 6.62. The summed E-state index contributed by atoms with van der Waals surface area (Å²) in [5, 5.41) is 0. The minimum Gasteiger partial charge on any atom is -0.382 e. The number of nitrogens with zero attached hydrogens (tertiary/aromatic N) is 4. The van der Waals surface area contributed by atoms with Gasteiger partial charge in [0.1, 0.15) is 5.82 Å². The zero-order valence-electron chi connectivity index (χ0n) is 11.5. The van der Waals surface area contributed by atoms with Crippen LogP contribution in [0.3, 0.4) is 0 Å². The van der Waals surface area contributed by atoms with Gasteiger partial charge in [-0.25, -0.2) is 4.98 Å². The van der Waals surface area contributed by atoms with Crippen molar-refractivity contribution in [3.05, 3.63) is 54.4 Å². The van der Waals surface area contributed by atoms with Crippen molar-refractivity contribution in [3.63, 3.8) is 0 Å². The van der Waals surface area contributed by atoms with Crippen molar-refractivity contribution in [1.82, 2.24) is 19.5 Å². The molecule has 1 aromatic carbocycles. The third-order valence-electron chi connectivity index (χ3n) is 3.23. The van der Waals surface area contributed by atoms with Gasteiger partial charge in [0.15, 0.2) is 17.0 Å². The molecule has 2 aromatic heterocycles. The second kappa shape index (κ2) is 5.24. The number of allylic oxidation sites excluding steroid dienone is 1. The maximum atomic E-state index is 5.90. The van der Waals surface area contributed by atoms with E-state index in [4.69, 9.17) is 11.5 Å². The summed E-state index contributed by atoms with van der Waals surface area (Å²) in [6, 6.07) is 10.1. The fraction of sp³-hybridized carbons (Fsp3) is 0.133. The number of anilines is 2. The molecule has 3 rings (SSSR count). The van der Waals surface area contributed by atoms with E-state index < -0.39 is 0 Å². The number of hydrogen-bond donors (Lipinski definition) is 2. The summed E-state index contributed by atoms with van der Waals surface area (Å²) in [6.07, 6.45) is 2.48. The average molecular weight is 280 g/mol. The molecule has 0 atom stereocenters. The number of fused-ring (bicyclic) bond motifs is 1. The predicted molar refractivity (Wildman–Crippen MR) is 83.6 cm³/mol. The lowest BCUT2D eigenvalue weighted by Crippen LogP contribution is -2.05. The Labute approximate surface area is 122 Å². The van der Waals surface area contributed by atoms with E-state index in [1.165, 1.54) is 0 Å². The van der Waals surface area contributed by atoms with Crippen LogP contribution in [0.2, 0.25) is 0 Å². The highest BCUT2D eigenvalue weighted by Gasteiger charge is 2.15. The molecule has 2 heterocycles. The number of aromatic nitrogens is 4. The van der Waals surface area contributed by atoms with Gasteiger partial charge in [-0.15, -0.1) is 6.58 Å². The maximum absolute atomic E-state index is 5.90. The smallest absolute Gasteiger partial charge is 0.224 e. The first-order chi connectivity index (χ1) is 10.2. The van der Waals surface area contributed by atoms with Gasteiger partial charge in [-0.1, -0.05) is 36.4 Å². The Morgan fingerprint density at radius 2 is 1.86 bits per heavy atom. The molecule has 0 saturated carbocycles. The zero-order valence-corrected chi connectivity index (χ0v) is 11.5. The Balaban J connectivity index is 2.15. The van der Waals surface area contributed by atoms with Crippen LogP contribution < -0.4 is 11.5 Å². The van der Waals surface area contributed by atoms with Crippen LogP contribution in [0, 0.1) is 0 Å². The van der Waals surface area contributed by atoms with Gasteiger partial charge in [0.25, 0.3) is 0 Å². The summed E-state index contributed by atoms with van der Waals surface area (Å²) < 4.78 is 1.96. The molecule has 0 amide bonds. The van der Waals surface area contributed by atoms with Crippen LogP contribution in [0.15, 0.2) is 43.0 Å². The van der Waals surface area contributed by atoms with Gasteiger partial charge < -0.3 is 16.0 Å². The minimum atomic E-state index is 0.150. The van der Waals surface area contributed by atoms with Crippen molar-refractivity contribution >= 4 is 22.9 Å². The zero-order chi connectivity index (χ0) is 14.8. The topological polar surface area (TPSA) is 95.6 Å². The Morgan fingerprint density at radius 1 is 1.10 bits per heavy atom. The van der Waals surface area contributed by atoms with Crippen LogP contribution in [0.5, 0.6) is 0 Å². The molecule has 0 aliphatic carbocycles. The van der Waals surface area contributed by atoms with Gasteiger partial charge >= 0.3 is 0 Å². The van der Waals surface area contributed by atoms with Crippen LogP contribution >= 0.6 is 0 Å². The maximum Gasteiger partial charge on any atom is 0.224 e. The molecular weight excluding hydrogens is 264 g/mol.